The lowest BCUT2D eigenvalue weighted by Crippen LogP contribution is -2.41. The van der Waals surface area contributed by atoms with Gasteiger partial charge in [0.15, 0.2) is 0 Å². The Kier molecular flexibility index (Phi) is 3.50. The maximum atomic E-state index is 6.06. The summed E-state index contributed by atoms with van der Waals surface area (Å²) >= 11 is 0. The Labute approximate surface area is 116 Å². The molecule has 0 amide bonds. The summed E-state index contributed by atoms with van der Waals surface area (Å²) < 4.78 is 17.6. The Morgan fingerprint density at radius 3 is 2.42 bits per heavy atom. The molecule has 3 unspecified atom stereocenters. The minimum Gasteiger partial charge on any atom is -0.462 e. The van der Waals surface area contributed by atoms with Crippen molar-refractivity contribution in [2.45, 2.75) is 58.8 Å². The summed E-state index contributed by atoms with van der Waals surface area (Å²) in [6, 6.07) is 0. The van der Waals surface area contributed by atoms with E-state index in [0.29, 0.717) is 17.8 Å². The maximum Gasteiger partial charge on any atom is 0.281 e. The van der Waals surface area contributed by atoms with Crippen molar-refractivity contribution in [1.82, 2.24) is 0 Å². The molecule has 0 radical (unpaired) electrons. The summed E-state index contributed by atoms with van der Waals surface area (Å²) in [7, 11) is 1.73. The van der Waals surface area contributed by atoms with Crippen molar-refractivity contribution in [3.63, 3.8) is 0 Å². The number of rotatable bonds is 1. The van der Waals surface area contributed by atoms with Gasteiger partial charge in [0.25, 0.3) is 5.95 Å². The second-order valence-electron chi connectivity index (χ2n) is 6.60. The summed E-state index contributed by atoms with van der Waals surface area (Å²) in [5.41, 5.74) is 1.46. The van der Waals surface area contributed by atoms with Crippen LogP contribution in [0.2, 0.25) is 0 Å². The van der Waals surface area contributed by atoms with Gasteiger partial charge in [0, 0.05) is 18.6 Å². The quantitative estimate of drug-likeness (QED) is 0.724. The van der Waals surface area contributed by atoms with Crippen LogP contribution in [0, 0.1) is 23.7 Å². The van der Waals surface area contributed by atoms with E-state index in [9.17, 15) is 0 Å². The van der Waals surface area contributed by atoms with Crippen molar-refractivity contribution in [3.05, 3.63) is 11.5 Å². The van der Waals surface area contributed by atoms with Gasteiger partial charge in [0.05, 0.1) is 6.10 Å². The largest absolute Gasteiger partial charge is 0.462 e. The molecule has 1 saturated carbocycles. The molecule has 0 spiro atoms. The number of hydrogen-bond acceptors (Lipinski definition) is 3. The van der Waals surface area contributed by atoms with E-state index in [-0.39, 0.29) is 12.4 Å². The van der Waals surface area contributed by atoms with Gasteiger partial charge in [0.2, 0.25) is 6.29 Å². The van der Waals surface area contributed by atoms with Crippen LogP contribution in [0.3, 0.4) is 0 Å². The molecule has 6 atom stereocenters. The van der Waals surface area contributed by atoms with E-state index in [0.717, 1.165) is 18.3 Å². The minimum absolute atomic E-state index is 0.150. The maximum absolute atomic E-state index is 6.06. The molecule has 0 saturated heterocycles. The van der Waals surface area contributed by atoms with Gasteiger partial charge in [-0.1, -0.05) is 13.8 Å². The van der Waals surface area contributed by atoms with Crippen molar-refractivity contribution in [3.8, 4) is 0 Å². The molecule has 0 bridgehead atoms. The van der Waals surface area contributed by atoms with Crippen LogP contribution in [-0.4, -0.2) is 19.5 Å². The number of ether oxygens (including phenoxy) is 3. The van der Waals surface area contributed by atoms with Crippen LogP contribution in [0.4, 0.5) is 0 Å². The second-order valence-corrected chi connectivity index (χ2v) is 6.60. The zero-order chi connectivity index (χ0) is 13.6. The second kappa shape index (κ2) is 5.01. The van der Waals surface area contributed by atoms with E-state index < -0.39 is 0 Å². The summed E-state index contributed by atoms with van der Waals surface area (Å²) in [6.07, 6.45) is 5.05. The predicted molar refractivity (Wildman–Crippen MR) is 73.2 cm³/mol. The fourth-order valence-corrected chi connectivity index (χ4v) is 4.15. The van der Waals surface area contributed by atoms with E-state index in [1.165, 1.54) is 24.8 Å². The first-order valence-electron chi connectivity index (χ1n) is 7.72. The van der Waals surface area contributed by atoms with Crippen molar-refractivity contribution in [2.75, 3.05) is 7.11 Å². The Balaban J connectivity index is 2.00. The van der Waals surface area contributed by atoms with Crippen LogP contribution >= 0.6 is 0 Å². The molecule has 108 valence electrons. The van der Waals surface area contributed by atoms with Crippen LogP contribution in [-0.2, 0) is 14.2 Å². The highest BCUT2D eigenvalue weighted by Gasteiger charge is 2.46. The highest BCUT2D eigenvalue weighted by Crippen LogP contribution is 2.51. The molecule has 2 aliphatic heterocycles. The third-order valence-corrected chi connectivity index (χ3v) is 5.37. The number of methoxy groups -OCH3 is 1. The van der Waals surface area contributed by atoms with Gasteiger partial charge < -0.3 is 14.2 Å². The molecule has 3 aliphatic rings. The first-order chi connectivity index (χ1) is 9.11. The normalized spacial score (nSPS) is 45.9. The van der Waals surface area contributed by atoms with Crippen molar-refractivity contribution >= 4 is 0 Å². The molecule has 0 aromatic heterocycles. The van der Waals surface area contributed by atoms with Gasteiger partial charge in [-0.2, -0.15) is 0 Å². The van der Waals surface area contributed by atoms with E-state index in [1.807, 2.05) is 0 Å². The van der Waals surface area contributed by atoms with Gasteiger partial charge >= 0.3 is 0 Å². The zero-order valence-corrected chi connectivity index (χ0v) is 12.5. The molecule has 0 aromatic carbocycles. The molecule has 1 aliphatic carbocycles. The van der Waals surface area contributed by atoms with E-state index in [1.54, 1.807) is 7.11 Å². The molecule has 3 heteroatoms. The lowest BCUT2D eigenvalue weighted by Gasteiger charge is -2.44. The summed E-state index contributed by atoms with van der Waals surface area (Å²) in [6.45, 7) is 6.78. The monoisotopic (exact) mass is 266 g/mol. The molecule has 0 aromatic rings. The Morgan fingerprint density at radius 2 is 1.68 bits per heavy atom. The van der Waals surface area contributed by atoms with Crippen molar-refractivity contribution in [1.29, 1.82) is 0 Å². The number of allylic oxidation sites excluding steroid dienone is 1. The Hall–Kier alpha value is -0.700. The van der Waals surface area contributed by atoms with E-state index in [4.69, 9.17) is 14.2 Å². The van der Waals surface area contributed by atoms with Crippen LogP contribution in [0.1, 0.15) is 46.5 Å². The van der Waals surface area contributed by atoms with Crippen LogP contribution in [0.15, 0.2) is 11.5 Å². The smallest absolute Gasteiger partial charge is 0.281 e. The SMILES string of the molecule is CO[C@H]1OC2=C3C(CCC(C)O2)[C@H](C)CCC3[C@H]1C. The molecule has 0 N–H and O–H groups in total. The standard InChI is InChI=1S/C16H26O3/c1-9-5-7-13-11(3)15(17-4)19-16-14(13)12(9)8-6-10(2)18-16/h9-13,15H,5-8H2,1-4H3/t9-,10?,11-,12?,13?,15+/m1/s1. The summed E-state index contributed by atoms with van der Waals surface area (Å²) in [5.74, 6) is 3.22. The lowest BCUT2D eigenvalue weighted by molar-refractivity contribution is -0.190. The zero-order valence-electron chi connectivity index (χ0n) is 12.5. The lowest BCUT2D eigenvalue weighted by atomic mass is 9.65. The predicted octanol–water partition coefficient (Wildman–Crippen LogP) is 3.70. The Morgan fingerprint density at radius 1 is 0.947 bits per heavy atom. The van der Waals surface area contributed by atoms with Crippen LogP contribution < -0.4 is 0 Å². The fourth-order valence-electron chi connectivity index (χ4n) is 4.15. The van der Waals surface area contributed by atoms with Crippen molar-refractivity contribution < 1.29 is 14.2 Å². The highest BCUT2D eigenvalue weighted by molar-refractivity contribution is 5.21. The minimum atomic E-state index is -0.150. The topological polar surface area (TPSA) is 27.7 Å². The third-order valence-electron chi connectivity index (χ3n) is 5.37. The third kappa shape index (κ3) is 2.16. The van der Waals surface area contributed by atoms with Gasteiger partial charge in [-0.05, 0) is 50.4 Å². The molecule has 19 heavy (non-hydrogen) atoms. The fraction of sp³-hybridized carbons (Fsp3) is 0.875. The van der Waals surface area contributed by atoms with E-state index in [2.05, 4.69) is 20.8 Å². The summed E-state index contributed by atoms with van der Waals surface area (Å²) in [4.78, 5) is 0. The van der Waals surface area contributed by atoms with Crippen molar-refractivity contribution in [2.24, 2.45) is 23.7 Å². The van der Waals surface area contributed by atoms with E-state index >= 15 is 0 Å². The van der Waals surface area contributed by atoms with Crippen LogP contribution in [0.5, 0.6) is 0 Å². The highest BCUT2D eigenvalue weighted by atomic mass is 16.8. The van der Waals surface area contributed by atoms with Gasteiger partial charge in [-0.25, -0.2) is 0 Å². The number of hydrogen-bond donors (Lipinski definition) is 0. The molecular formula is C16H26O3. The molecule has 2 heterocycles. The van der Waals surface area contributed by atoms with Crippen LogP contribution in [0.25, 0.3) is 0 Å². The van der Waals surface area contributed by atoms with Gasteiger partial charge in [-0.3, -0.25) is 0 Å². The molecule has 3 nitrogen and oxygen atoms in total. The molecule has 1 fully saturated rings. The average molecular weight is 266 g/mol. The van der Waals surface area contributed by atoms with Gasteiger partial charge in [0.1, 0.15) is 0 Å². The first kappa shape index (κ1) is 13.3. The molecular weight excluding hydrogens is 240 g/mol. The Bertz CT molecular complexity index is 376. The first-order valence-corrected chi connectivity index (χ1v) is 7.72. The molecule has 3 rings (SSSR count). The average Bonchev–Trinajstić information content (AvgIpc) is 2.56. The van der Waals surface area contributed by atoms with Gasteiger partial charge in [-0.15, -0.1) is 0 Å². The summed E-state index contributed by atoms with van der Waals surface area (Å²) in [5, 5.41) is 0.